The van der Waals surface area contributed by atoms with Crippen LogP contribution in [-0.2, 0) is 14.8 Å². The zero-order valence-electron chi connectivity index (χ0n) is 19.2. The SMILES string of the molecule is CCOc1ccc(N(CC(=O)Nc2ccc(Cl)c(Cl)c2)S(=O)(=O)c2ccc(OC)c(OC)c2)cc1. The van der Waals surface area contributed by atoms with Crippen LogP contribution in [0.5, 0.6) is 17.2 Å². The Balaban J connectivity index is 1.98. The van der Waals surface area contributed by atoms with Crippen molar-refractivity contribution in [3.8, 4) is 17.2 Å². The highest BCUT2D eigenvalue weighted by atomic mass is 35.5. The summed E-state index contributed by atoms with van der Waals surface area (Å²) >= 11 is 12.0. The van der Waals surface area contributed by atoms with Crippen molar-refractivity contribution in [2.24, 2.45) is 0 Å². The first-order valence-electron chi connectivity index (χ1n) is 10.4. The van der Waals surface area contributed by atoms with Crippen molar-refractivity contribution in [1.82, 2.24) is 0 Å². The number of hydrogen-bond acceptors (Lipinski definition) is 6. The van der Waals surface area contributed by atoms with E-state index in [2.05, 4.69) is 5.32 Å². The van der Waals surface area contributed by atoms with E-state index in [1.807, 2.05) is 6.92 Å². The van der Waals surface area contributed by atoms with Crippen molar-refractivity contribution in [3.63, 3.8) is 0 Å². The zero-order chi connectivity index (χ0) is 25.6. The third kappa shape index (κ3) is 6.30. The lowest BCUT2D eigenvalue weighted by atomic mass is 10.3. The van der Waals surface area contributed by atoms with E-state index in [4.69, 9.17) is 37.4 Å². The highest BCUT2D eigenvalue weighted by Gasteiger charge is 2.28. The van der Waals surface area contributed by atoms with Gasteiger partial charge in [-0.15, -0.1) is 0 Å². The van der Waals surface area contributed by atoms with Gasteiger partial charge in [-0.25, -0.2) is 8.42 Å². The molecule has 186 valence electrons. The minimum absolute atomic E-state index is 0.0774. The fourth-order valence-corrected chi connectivity index (χ4v) is 4.93. The molecule has 0 saturated carbocycles. The molecule has 1 amide bonds. The van der Waals surface area contributed by atoms with Crippen molar-refractivity contribution in [3.05, 3.63) is 70.7 Å². The van der Waals surface area contributed by atoms with Gasteiger partial charge in [0.1, 0.15) is 12.3 Å². The van der Waals surface area contributed by atoms with Crippen molar-refractivity contribution >= 4 is 50.5 Å². The summed E-state index contributed by atoms with van der Waals surface area (Å²) in [5.41, 5.74) is 0.645. The van der Waals surface area contributed by atoms with Gasteiger partial charge in [-0.2, -0.15) is 0 Å². The summed E-state index contributed by atoms with van der Waals surface area (Å²) in [6, 6.07) is 15.2. The number of benzene rings is 3. The predicted molar refractivity (Wildman–Crippen MR) is 137 cm³/mol. The van der Waals surface area contributed by atoms with Crippen LogP contribution in [0.1, 0.15) is 6.92 Å². The molecule has 0 aliphatic carbocycles. The van der Waals surface area contributed by atoms with E-state index in [0.29, 0.717) is 28.8 Å². The molecule has 35 heavy (non-hydrogen) atoms. The average Bonchev–Trinajstić information content (AvgIpc) is 2.85. The van der Waals surface area contributed by atoms with Gasteiger partial charge in [-0.1, -0.05) is 23.2 Å². The van der Waals surface area contributed by atoms with Crippen molar-refractivity contribution < 1.29 is 27.4 Å². The van der Waals surface area contributed by atoms with Crippen LogP contribution in [0.3, 0.4) is 0 Å². The van der Waals surface area contributed by atoms with Gasteiger partial charge in [0, 0.05) is 11.8 Å². The number of rotatable bonds is 10. The smallest absolute Gasteiger partial charge is 0.264 e. The second-order valence-electron chi connectivity index (χ2n) is 7.13. The Hall–Kier alpha value is -3.14. The summed E-state index contributed by atoms with van der Waals surface area (Å²) in [6.45, 7) is 1.79. The van der Waals surface area contributed by atoms with Crippen LogP contribution in [0, 0.1) is 0 Å². The number of anilines is 2. The quantitative estimate of drug-likeness (QED) is 0.379. The molecule has 0 spiro atoms. The molecule has 0 radical (unpaired) electrons. The normalized spacial score (nSPS) is 11.0. The Kier molecular flexibility index (Phi) is 8.71. The Morgan fingerprint density at radius 3 is 2.20 bits per heavy atom. The van der Waals surface area contributed by atoms with Gasteiger partial charge < -0.3 is 19.5 Å². The molecule has 3 aromatic carbocycles. The monoisotopic (exact) mass is 538 g/mol. The van der Waals surface area contributed by atoms with E-state index >= 15 is 0 Å². The van der Waals surface area contributed by atoms with E-state index in [1.54, 1.807) is 30.3 Å². The van der Waals surface area contributed by atoms with Crippen LogP contribution < -0.4 is 23.8 Å². The maximum absolute atomic E-state index is 13.7. The third-order valence-corrected chi connectivity index (χ3v) is 7.38. The molecule has 0 heterocycles. The second kappa shape index (κ2) is 11.5. The van der Waals surface area contributed by atoms with Crippen LogP contribution in [0.15, 0.2) is 65.6 Å². The molecule has 0 bridgehead atoms. The number of carbonyl (C=O) groups is 1. The number of carbonyl (C=O) groups excluding carboxylic acids is 1. The van der Waals surface area contributed by atoms with Gasteiger partial charge in [-0.3, -0.25) is 9.10 Å². The number of nitrogens with zero attached hydrogens (tertiary/aromatic N) is 1. The summed E-state index contributed by atoms with van der Waals surface area (Å²) in [5.74, 6) is 0.596. The molecule has 11 heteroatoms. The Morgan fingerprint density at radius 2 is 1.60 bits per heavy atom. The van der Waals surface area contributed by atoms with E-state index in [1.165, 1.54) is 44.6 Å². The molecule has 0 saturated heterocycles. The molecule has 3 rings (SSSR count). The number of methoxy groups -OCH3 is 2. The molecule has 0 atom stereocenters. The first kappa shape index (κ1) is 26.5. The number of ether oxygens (including phenoxy) is 3. The number of sulfonamides is 1. The van der Waals surface area contributed by atoms with Gasteiger partial charge in [0.25, 0.3) is 10.0 Å². The summed E-state index contributed by atoms with van der Waals surface area (Å²) in [6.07, 6.45) is 0. The van der Waals surface area contributed by atoms with Crippen LogP contribution >= 0.6 is 23.2 Å². The van der Waals surface area contributed by atoms with Gasteiger partial charge in [0.15, 0.2) is 11.5 Å². The minimum Gasteiger partial charge on any atom is -0.494 e. The van der Waals surface area contributed by atoms with Crippen LogP contribution in [0.25, 0.3) is 0 Å². The first-order valence-corrected chi connectivity index (χ1v) is 12.6. The largest absolute Gasteiger partial charge is 0.494 e. The minimum atomic E-state index is -4.19. The lowest BCUT2D eigenvalue weighted by Gasteiger charge is -2.25. The van der Waals surface area contributed by atoms with E-state index in [-0.39, 0.29) is 21.4 Å². The van der Waals surface area contributed by atoms with E-state index in [9.17, 15) is 13.2 Å². The fraction of sp³-hybridized carbons (Fsp3) is 0.208. The van der Waals surface area contributed by atoms with Crippen LogP contribution in [0.2, 0.25) is 10.0 Å². The topological polar surface area (TPSA) is 94.2 Å². The number of amides is 1. The van der Waals surface area contributed by atoms with Gasteiger partial charge in [0.05, 0.1) is 41.5 Å². The van der Waals surface area contributed by atoms with Crippen molar-refractivity contribution in [2.75, 3.05) is 37.0 Å². The summed E-state index contributed by atoms with van der Waals surface area (Å²) in [4.78, 5) is 12.8. The molecule has 1 N–H and O–H groups in total. The summed E-state index contributed by atoms with van der Waals surface area (Å²) in [5, 5.41) is 3.23. The first-order chi connectivity index (χ1) is 16.7. The standard InChI is InChI=1S/C24H24Cl2N2O6S/c1-4-34-18-8-6-17(7-9-18)28(15-24(29)27-16-5-11-20(25)21(26)13-16)35(30,31)19-10-12-22(32-2)23(14-19)33-3/h5-14H,4,15H2,1-3H3,(H,27,29). The second-order valence-corrected chi connectivity index (χ2v) is 9.81. The highest BCUT2D eigenvalue weighted by molar-refractivity contribution is 7.92. The van der Waals surface area contributed by atoms with E-state index < -0.39 is 22.5 Å². The molecule has 0 aliphatic heterocycles. The van der Waals surface area contributed by atoms with Crippen LogP contribution in [-0.4, -0.2) is 41.7 Å². The lowest BCUT2D eigenvalue weighted by Crippen LogP contribution is -2.38. The Labute approximate surface area is 214 Å². The number of halogens is 2. The van der Waals surface area contributed by atoms with E-state index in [0.717, 1.165) is 4.31 Å². The zero-order valence-corrected chi connectivity index (χ0v) is 21.6. The maximum atomic E-state index is 13.7. The highest BCUT2D eigenvalue weighted by Crippen LogP contribution is 2.33. The van der Waals surface area contributed by atoms with Crippen molar-refractivity contribution in [1.29, 1.82) is 0 Å². The molecule has 8 nitrogen and oxygen atoms in total. The fourth-order valence-electron chi connectivity index (χ4n) is 3.20. The van der Waals surface area contributed by atoms with Gasteiger partial charge in [-0.05, 0) is 61.5 Å². The average molecular weight is 539 g/mol. The molecule has 3 aromatic rings. The lowest BCUT2D eigenvalue weighted by molar-refractivity contribution is -0.114. The summed E-state index contributed by atoms with van der Waals surface area (Å²) in [7, 11) is -1.33. The molecule has 0 unspecified atom stereocenters. The molecular formula is C24H24Cl2N2O6S. The summed E-state index contributed by atoms with van der Waals surface area (Å²) < 4.78 is 44.3. The van der Waals surface area contributed by atoms with Crippen molar-refractivity contribution in [2.45, 2.75) is 11.8 Å². The van der Waals surface area contributed by atoms with Crippen LogP contribution in [0.4, 0.5) is 11.4 Å². The third-order valence-electron chi connectivity index (χ3n) is 4.87. The Bertz CT molecular complexity index is 1300. The molecular weight excluding hydrogens is 515 g/mol. The number of nitrogens with one attached hydrogen (secondary N) is 1. The maximum Gasteiger partial charge on any atom is 0.264 e. The van der Waals surface area contributed by atoms with Gasteiger partial charge in [0.2, 0.25) is 5.91 Å². The molecule has 0 fully saturated rings. The predicted octanol–water partition coefficient (Wildman–Crippen LogP) is 5.24. The molecule has 0 aliphatic rings. The molecule has 0 aromatic heterocycles. The number of hydrogen-bond donors (Lipinski definition) is 1. The Morgan fingerprint density at radius 1 is 0.914 bits per heavy atom. The van der Waals surface area contributed by atoms with Gasteiger partial charge >= 0.3 is 0 Å².